The number of carbonyl (C=O) groups is 1. The molecule has 0 radical (unpaired) electrons. The molecule has 0 saturated heterocycles. The van der Waals surface area contributed by atoms with E-state index in [0.29, 0.717) is 0 Å². The zero-order valence-electron chi connectivity index (χ0n) is 10.7. The van der Waals surface area contributed by atoms with E-state index in [0.717, 1.165) is 10.7 Å². The van der Waals surface area contributed by atoms with Crippen LogP contribution in [-0.4, -0.2) is 32.0 Å². The number of nitrogens with zero attached hydrogens (tertiary/aromatic N) is 2. The molecule has 2 aromatic rings. The second-order valence-corrected chi connectivity index (χ2v) is 5.82. The van der Waals surface area contributed by atoms with Crippen LogP contribution >= 0.6 is 11.3 Å². The van der Waals surface area contributed by atoms with Gasteiger partial charge >= 0.3 is 0 Å². The predicted octanol–water partition coefficient (Wildman–Crippen LogP) is 1.21. The van der Waals surface area contributed by atoms with E-state index in [4.69, 9.17) is 0 Å². The number of hydrogen-bond acceptors (Lipinski definition) is 4. The molecule has 1 unspecified atom stereocenters. The molecule has 18 heavy (non-hydrogen) atoms. The number of aliphatic hydroxyl groups is 1. The van der Waals surface area contributed by atoms with Crippen LogP contribution in [0.5, 0.6) is 0 Å². The lowest BCUT2D eigenvalue weighted by Gasteiger charge is -2.29. The molecule has 0 saturated carbocycles. The van der Waals surface area contributed by atoms with Crippen LogP contribution in [0.2, 0.25) is 0 Å². The first-order valence-corrected chi connectivity index (χ1v) is 6.66. The lowest BCUT2D eigenvalue weighted by molar-refractivity contribution is -0.123. The van der Waals surface area contributed by atoms with Crippen molar-refractivity contribution in [1.82, 2.24) is 14.7 Å². The van der Waals surface area contributed by atoms with Crippen LogP contribution in [0.25, 0.3) is 4.96 Å². The summed E-state index contributed by atoms with van der Waals surface area (Å²) in [6, 6.07) is 0. The highest BCUT2D eigenvalue weighted by Gasteiger charge is 2.26. The summed E-state index contributed by atoms with van der Waals surface area (Å²) in [4.78, 5) is 17.1. The lowest BCUT2D eigenvalue weighted by Crippen LogP contribution is -2.51. The van der Waals surface area contributed by atoms with Crippen LogP contribution < -0.4 is 5.32 Å². The minimum absolute atomic E-state index is 0.133. The fraction of sp³-hybridized carbons (Fsp3) is 0.500. The maximum Gasteiger partial charge on any atom is 0.226 e. The first kappa shape index (κ1) is 13.0. The van der Waals surface area contributed by atoms with Crippen LogP contribution in [0.1, 0.15) is 26.5 Å². The average Bonchev–Trinajstić information content (AvgIpc) is 2.75. The van der Waals surface area contributed by atoms with Gasteiger partial charge in [0.1, 0.15) is 0 Å². The summed E-state index contributed by atoms with van der Waals surface area (Å²) in [5.41, 5.74) is 0.106. The van der Waals surface area contributed by atoms with Crippen LogP contribution in [-0.2, 0) is 11.2 Å². The molecule has 0 spiro atoms. The molecule has 2 N–H and O–H groups in total. The zero-order chi connectivity index (χ0) is 13.3. The summed E-state index contributed by atoms with van der Waals surface area (Å²) in [5.74, 6) is -0.133. The molecule has 2 rings (SSSR count). The van der Waals surface area contributed by atoms with E-state index in [2.05, 4.69) is 10.3 Å². The van der Waals surface area contributed by atoms with Gasteiger partial charge in [0.15, 0.2) is 4.96 Å². The number of amides is 1. The fourth-order valence-corrected chi connectivity index (χ4v) is 2.25. The van der Waals surface area contributed by atoms with Crippen molar-refractivity contribution in [3.63, 3.8) is 0 Å². The molecule has 98 valence electrons. The quantitative estimate of drug-likeness (QED) is 0.875. The Kier molecular flexibility index (Phi) is 3.41. The molecule has 0 aliphatic rings. The summed E-state index contributed by atoms with van der Waals surface area (Å²) in [5, 5.41) is 14.3. The third-order valence-corrected chi connectivity index (χ3v) is 3.76. The minimum Gasteiger partial charge on any atom is -0.391 e. The van der Waals surface area contributed by atoms with E-state index < -0.39 is 11.6 Å². The van der Waals surface area contributed by atoms with E-state index in [1.165, 1.54) is 11.3 Å². The summed E-state index contributed by atoms with van der Waals surface area (Å²) in [7, 11) is 0. The van der Waals surface area contributed by atoms with Gasteiger partial charge in [0.25, 0.3) is 0 Å². The van der Waals surface area contributed by atoms with Crippen molar-refractivity contribution in [2.75, 3.05) is 0 Å². The van der Waals surface area contributed by atoms with Crippen molar-refractivity contribution in [2.24, 2.45) is 0 Å². The van der Waals surface area contributed by atoms with Gasteiger partial charge in [-0.1, -0.05) is 0 Å². The topological polar surface area (TPSA) is 66.6 Å². The Morgan fingerprint density at radius 2 is 2.39 bits per heavy atom. The van der Waals surface area contributed by atoms with E-state index in [1.807, 2.05) is 22.2 Å². The highest BCUT2D eigenvalue weighted by Crippen LogP contribution is 2.13. The van der Waals surface area contributed by atoms with Gasteiger partial charge < -0.3 is 10.4 Å². The largest absolute Gasteiger partial charge is 0.391 e. The maximum absolute atomic E-state index is 11.9. The number of imidazole rings is 1. The third kappa shape index (κ3) is 2.70. The normalized spacial score (nSPS) is 13.8. The smallest absolute Gasteiger partial charge is 0.226 e. The fourth-order valence-electron chi connectivity index (χ4n) is 1.53. The molecule has 0 aromatic carbocycles. The molecular weight excluding hydrogens is 250 g/mol. The van der Waals surface area contributed by atoms with Gasteiger partial charge in [-0.05, 0) is 20.8 Å². The van der Waals surface area contributed by atoms with Crippen molar-refractivity contribution in [2.45, 2.75) is 38.8 Å². The van der Waals surface area contributed by atoms with E-state index in [-0.39, 0.29) is 12.3 Å². The number of thiazole rings is 1. The van der Waals surface area contributed by atoms with Crippen molar-refractivity contribution in [1.29, 1.82) is 0 Å². The van der Waals surface area contributed by atoms with Crippen LogP contribution in [0, 0.1) is 0 Å². The maximum atomic E-state index is 11.9. The highest BCUT2D eigenvalue weighted by molar-refractivity contribution is 7.15. The van der Waals surface area contributed by atoms with Gasteiger partial charge in [0, 0.05) is 17.8 Å². The number of nitrogens with one attached hydrogen (secondary N) is 1. The second kappa shape index (κ2) is 4.70. The van der Waals surface area contributed by atoms with Gasteiger partial charge in [-0.25, -0.2) is 4.98 Å². The van der Waals surface area contributed by atoms with Crippen molar-refractivity contribution in [3.05, 3.63) is 23.5 Å². The lowest BCUT2D eigenvalue weighted by atomic mass is 9.98. The number of carbonyl (C=O) groups excluding carboxylic acids is 1. The third-order valence-electron chi connectivity index (χ3n) is 2.99. The van der Waals surface area contributed by atoms with E-state index >= 15 is 0 Å². The SMILES string of the molecule is CC(O)C(C)(C)NC(=O)Cc1cn2ccsc2n1. The molecule has 0 aliphatic heterocycles. The Balaban J connectivity index is 2.01. The van der Waals surface area contributed by atoms with Crippen LogP contribution in [0.4, 0.5) is 0 Å². The average molecular weight is 267 g/mol. The van der Waals surface area contributed by atoms with Gasteiger partial charge in [0.05, 0.1) is 23.8 Å². The summed E-state index contributed by atoms with van der Waals surface area (Å²) in [6.07, 6.45) is 3.38. The molecule has 2 heterocycles. The van der Waals surface area contributed by atoms with E-state index in [9.17, 15) is 9.90 Å². The highest BCUT2D eigenvalue weighted by atomic mass is 32.1. The van der Waals surface area contributed by atoms with Crippen LogP contribution in [0.15, 0.2) is 17.8 Å². The van der Waals surface area contributed by atoms with Gasteiger partial charge in [-0.3, -0.25) is 9.20 Å². The van der Waals surface area contributed by atoms with Crippen molar-refractivity contribution < 1.29 is 9.90 Å². The second-order valence-electron chi connectivity index (χ2n) is 4.95. The first-order chi connectivity index (χ1) is 8.38. The van der Waals surface area contributed by atoms with Crippen molar-refractivity contribution in [3.8, 4) is 0 Å². The molecule has 0 fully saturated rings. The first-order valence-electron chi connectivity index (χ1n) is 5.78. The number of rotatable bonds is 4. The Morgan fingerprint density at radius 1 is 1.67 bits per heavy atom. The zero-order valence-corrected chi connectivity index (χ0v) is 11.5. The molecule has 6 heteroatoms. The predicted molar refractivity (Wildman–Crippen MR) is 70.7 cm³/mol. The molecule has 0 bridgehead atoms. The number of aliphatic hydroxyl groups excluding tert-OH is 1. The Bertz CT molecular complexity index is 528. The molecule has 2 aromatic heterocycles. The molecular formula is C12H17N3O2S. The molecule has 1 atom stereocenters. The number of aromatic nitrogens is 2. The Labute approximate surface area is 109 Å². The summed E-state index contributed by atoms with van der Waals surface area (Å²) in [6.45, 7) is 5.25. The monoisotopic (exact) mass is 267 g/mol. The van der Waals surface area contributed by atoms with E-state index in [1.54, 1.807) is 20.8 Å². The van der Waals surface area contributed by atoms with Crippen molar-refractivity contribution >= 4 is 22.2 Å². The Hall–Kier alpha value is -1.40. The Morgan fingerprint density at radius 3 is 3.00 bits per heavy atom. The molecule has 1 amide bonds. The molecule has 5 nitrogen and oxygen atoms in total. The summed E-state index contributed by atoms with van der Waals surface area (Å²) >= 11 is 1.53. The number of fused-ring (bicyclic) bond motifs is 1. The van der Waals surface area contributed by atoms with Crippen LogP contribution in [0.3, 0.4) is 0 Å². The number of hydrogen-bond donors (Lipinski definition) is 2. The standard InChI is InChI=1S/C12H17N3O2S/c1-8(16)12(2,3)14-10(17)6-9-7-15-4-5-18-11(15)13-9/h4-5,7-8,16H,6H2,1-3H3,(H,14,17). The van der Waals surface area contributed by atoms with Gasteiger partial charge in [-0.2, -0.15) is 0 Å². The van der Waals surface area contributed by atoms with Gasteiger partial charge in [0.2, 0.25) is 5.91 Å². The van der Waals surface area contributed by atoms with Gasteiger partial charge in [-0.15, -0.1) is 11.3 Å². The summed E-state index contributed by atoms with van der Waals surface area (Å²) < 4.78 is 1.90. The molecule has 0 aliphatic carbocycles. The minimum atomic E-state index is -0.631.